The molecule has 1 aromatic rings. The van der Waals surface area contributed by atoms with E-state index in [1.54, 1.807) is 18.2 Å². The van der Waals surface area contributed by atoms with Crippen molar-refractivity contribution in [2.24, 2.45) is 0 Å². The van der Waals surface area contributed by atoms with Crippen molar-refractivity contribution in [2.75, 3.05) is 0 Å². The van der Waals surface area contributed by atoms with Crippen molar-refractivity contribution in [2.45, 2.75) is 0 Å². The van der Waals surface area contributed by atoms with Gasteiger partial charge in [-0.3, -0.25) is 0 Å². The Morgan fingerprint density at radius 1 is 1.40 bits per heavy atom. The molecule has 0 saturated heterocycles. The number of rotatable bonds is 0. The third kappa shape index (κ3) is 3.30. The van der Waals surface area contributed by atoms with Crippen molar-refractivity contribution in [3.63, 3.8) is 0 Å². The van der Waals surface area contributed by atoms with E-state index in [1.165, 1.54) is 6.20 Å². The van der Waals surface area contributed by atoms with E-state index < -0.39 is 0 Å². The molecule has 1 heterocycles. The Morgan fingerprint density at radius 3 is 2.30 bits per heavy atom. The van der Waals surface area contributed by atoms with Crippen LogP contribution in [0.25, 0.3) is 0 Å². The van der Waals surface area contributed by atoms with Crippen LogP contribution in [0.1, 0.15) is 0 Å². The first-order valence-corrected chi connectivity index (χ1v) is 2.58. The number of pyridine rings is 1. The summed E-state index contributed by atoms with van der Waals surface area (Å²) < 4.78 is 1.32. The third-order valence-corrected chi connectivity index (χ3v) is 1.13. The van der Waals surface area contributed by atoms with Gasteiger partial charge in [0.2, 0.25) is 0 Å². The topological polar surface area (TPSA) is 25.2 Å². The smallest absolute Gasteiger partial charge is 0.428 e. The second-order valence-electron chi connectivity index (χ2n) is 1.38. The Labute approximate surface area is 83.0 Å². The van der Waals surface area contributed by atoms with E-state index in [2.05, 4.69) is 12.2 Å². The Hall–Kier alpha value is 0.0834. The largest absolute Gasteiger partial charge is 2.00 e. The molecule has 0 aromatic carbocycles. The standard InChI is InChI=1S/C5H5NOS.ClH.Zn/c7-6-4-2-1-3-5(6)8;;/h1-4,7H;1H;/q;;+2. The van der Waals surface area contributed by atoms with Crippen LogP contribution < -0.4 is 0 Å². The Kier molecular flexibility index (Phi) is 7.43. The average molecular weight is 229 g/mol. The second kappa shape index (κ2) is 5.84. The van der Waals surface area contributed by atoms with Gasteiger partial charge in [0.1, 0.15) is 4.64 Å². The second-order valence-corrected chi connectivity index (χ2v) is 1.80. The number of aromatic nitrogens is 1. The molecule has 1 aromatic heterocycles. The molecule has 0 aliphatic carbocycles. The molecule has 5 heteroatoms. The fourth-order valence-corrected chi connectivity index (χ4v) is 0.558. The summed E-state index contributed by atoms with van der Waals surface area (Å²) >= 11 is 4.67. The van der Waals surface area contributed by atoms with Gasteiger partial charge in [0.25, 0.3) is 0 Å². The van der Waals surface area contributed by atoms with E-state index in [9.17, 15) is 0 Å². The van der Waals surface area contributed by atoms with E-state index in [0.717, 1.165) is 4.73 Å². The van der Waals surface area contributed by atoms with E-state index in [0.29, 0.717) is 4.64 Å². The summed E-state index contributed by atoms with van der Waals surface area (Å²) in [6.45, 7) is 0. The molecule has 0 atom stereocenters. The van der Waals surface area contributed by atoms with Crippen molar-refractivity contribution in [3.05, 3.63) is 29.0 Å². The zero-order chi connectivity index (χ0) is 5.98. The van der Waals surface area contributed by atoms with Crippen molar-refractivity contribution in [1.29, 1.82) is 0 Å². The fraction of sp³-hybridized carbons (Fsp3) is 0. The molecule has 0 fully saturated rings. The maximum atomic E-state index is 8.73. The SMILES string of the molecule is Cl.On1ccccc1=S.[Zn+2]. The van der Waals surface area contributed by atoms with Gasteiger partial charge in [0.15, 0.2) is 0 Å². The Morgan fingerprint density at radius 2 is 2.00 bits per heavy atom. The Bertz CT molecular complexity index is 239. The molecule has 1 N–H and O–H groups in total. The van der Waals surface area contributed by atoms with Crippen LogP contribution in [0, 0.1) is 4.64 Å². The number of hydrogen-bond acceptors (Lipinski definition) is 2. The summed E-state index contributed by atoms with van der Waals surface area (Å²) in [6, 6.07) is 5.13. The van der Waals surface area contributed by atoms with Crippen LogP contribution in [0.3, 0.4) is 0 Å². The predicted octanol–water partition coefficient (Wildman–Crippen LogP) is 1.87. The van der Waals surface area contributed by atoms with Crippen LogP contribution in [0.4, 0.5) is 0 Å². The molecule has 0 aliphatic heterocycles. The quantitative estimate of drug-likeness (QED) is 0.417. The van der Waals surface area contributed by atoms with Crippen LogP contribution in [-0.2, 0) is 19.5 Å². The molecule has 0 amide bonds. The molecule has 0 unspecified atom stereocenters. The molecule has 10 heavy (non-hydrogen) atoms. The first-order chi connectivity index (χ1) is 3.80. The summed E-state index contributed by atoms with van der Waals surface area (Å²) in [4.78, 5) is 0. The zero-order valence-corrected chi connectivity index (χ0v) is 9.83. The van der Waals surface area contributed by atoms with Gasteiger partial charge in [-0.25, -0.2) is 0 Å². The number of hydrogen-bond donors (Lipinski definition) is 1. The Balaban J connectivity index is 0. The summed E-state index contributed by atoms with van der Waals surface area (Å²) in [5.41, 5.74) is 0. The fourth-order valence-electron chi connectivity index (χ4n) is 0.419. The van der Waals surface area contributed by atoms with Crippen LogP contribution in [0.5, 0.6) is 0 Å². The van der Waals surface area contributed by atoms with Gasteiger partial charge in [-0.15, -0.1) is 12.4 Å². The summed E-state index contributed by atoms with van der Waals surface area (Å²) in [7, 11) is 0. The normalized spacial score (nSPS) is 7.20. The van der Waals surface area contributed by atoms with Gasteiger partial charge in [0, 0.05) is 6.20 Å². The van der Waals surface area contributed by atoms with Crippen LogP contribution in [0.15, 0.2) is 24.4 Å². The molecular weight excluding hydrogens is 223 g/mol. The molecule has 0 aliphatic rings. The summed E-state index contributed by atoms with van der Waals surface area (Å²) in [5, 5.41) is 8.73. The van der Waals surface area contributed by atoms with Crippen molar-refractivity contribution >= 4 is 24.6 Å². The van der Waals surface area contributed by atoms with E-state index in [1.807, 2.05) is 0 Å². The monoisotopic (exact) mass is 227 g/mol. The molecule has 1 rings (SSSR count). The molecule has 0 radical (unpaired) electrons. The van der Waals surface area contributed by atoms with Gasteiger partial charge in [-0.1, -0.05) is 18.3 Å². The van der Waals surface area contributed by atoms with Gasteiger partial charge in [0.05, 0.1) is 0 Å². The zero-order valence-electron chi connectivity index (χ0n) is 5.23. The minimum Gasteiger partial charge on any atom is -0.428 e. The van der Waals surface area contributed by atoms with Crippen LogP contribution >= 0.6 is 24.6 Å². The minimum absolute atomic E-state index is 0. The average Bonchev–Trinajstić information content (AvgIpc) is 1.77. The van der Waals surface area contributed by atoms with E-state index in [4.69, 9.17) is 5.21 Å². The summed E-state index contributed by atoms with van der Waals surface area (Å²) in [5.74, 6) is 0. The van der Waals surface area contributed by atoms with Crippen molar-refractivity contribution in [1.82, 2.24) is 4.73 Å². The predicted molar refractivity (Wildman–Crippen MR) is 39.7 cm³/mol. The number of nitrogens with zero attached hydrogens (tertiary/aromatic N) is 1. The van der Waals surface area contributed by atoms with Crippen molar-refractivity contribution < 1.29 is 24.7 Å². The van der Waals surface area contributed by atoms with Crippen LogP contribution in [-0.4, -0.2) is 9.94 Å². The third-order valence-electron chi connectivity index (χ3n) is 0.803. The van der Waals surface area contributed by atoms with Gasteiger partial charge < -0.3 is 5.21 Å². The maximum Gasteiger partial charge on any atom is 2.00 e. The molecule has 0 bridgehead atoms. The van der Waals surface area contributed by atoms with Gasteiger partial charge in [-0.05, 0) is 12.1 Å². The first-order valence-electron chi connectivity index (χ1n) is 2.17. The van der Waals surface area contributed by atoms with E-state index in [-0.39, 0.29) is 31.9 Å². The molecule has 0 spiro atoms. The van der Waals surface area contributed by atoms with Crippen LogP contribution in [0.2, 0.25) is 0 Å². The molecule has 50 valence electrons. The molecular formula is C5H6ClNOSZn+2. The van der Waals surface area contributed by atoms with Gasteiger partial charge >= 0.3 is 19.5 Å². The summed E-state index contributed by atoms with van der Waals surface area (Å²) in [6.07, 6.45) is 1.49. The molecule has 2 nitrogen and oxygen atoms in total. The number of halogens is 1. The first kappa shape index (κ1) is 12.7. The minimum atomic E-state index is 0. The van der Waals surface area contributed by atoms with Crippen molar-refractivity contribution in [3.8, 4) is 0 Å². The maximum absolute atomic E-state index is 8.73. The van der Waals surface area contributed by atoms with E-state index >= 15 is 0 Å². The molecule has 0 saturated carbocycles. The van der Waals surface area contributed by atoms with Gasteiger partial charge in [-0.2, -0.15) is 4.73 Å².